The lowest BCUT2D eigenvalue weighted by atomic mass is 10.0. The second-order valence-electron chi connectivity index (χ2n) is 10.9. The molecule has 0 aromatic carbocycles. The minimum atomic E-state index is 0.993. The zero-order valence-corrected chi connectivity index (χ0v) is 23.8. The quantitative estimate of drug-likeness (QED) is 0.121. The monoisotopic (exact) mass is 496 g/mol. The summed E-state index contributed by atoms with van der Waals surface area (Å²) in [5.41, 5.74) is 6.52. The fraction of sp³-hybridized carbons (Fsp3) is 0.697. The fourth-order valence-corrected chi connectivity index (χ4v) is 5.09. The first-order valence-electron chi connectivity index (χ1n) is 15.6. The van der Waals surface area contributed by atoms with Gasteiger partial charge in [0.2, 0.25) is 0 Å². The highest BCUT2D eigenvalue weighted by atomic mass is 14.9. The van der Waals surface area contributed by atoms with Crippen LogP contribution in [0.15, 0.2) is 49.1 Å². The highest BCUT2D eigenvalue weighted by Gasteiger charge is 2.06. The smallest absolute Gasteiger partial charge is 0.169 e. The van der Waals surface area contributed by atoms with Crippen molar-refractivity contribution in [2.45, 2.75) is 142 Å². The van der Waals surface area contributed by atoms with Crippen LogP contribution < -0.4 is 14.9 Å². The lowest BCUT2D eigenvalue weighted by Gasteiger charge is -2.04. The van der Waals surface area contributed by atoms with Gasteiger partial charge in [0.15, 0.2) is 31.3 Å². The Bertz CT molecular complexity index is 739. The molecule has 2 rings (SSSR count). The van der Waals surface area contributed by atoms with E-state index in [2.05, 4.69) is 70.8 Å². The van der Waals surface area contributed by atoms with Gasteiger partial charge < -0.3 is 5.73 Å². The van der Waals surface area contributed by atoms with E-state index in [0.717, 1.165) is 26.1 Å². The maximum Gasteiger partial charge on any atom is 0.169 e. The molecule has 0 amide bonds. The topological polar surface area (TPSA) is 35.4 Å². The van der Waals surface area contributed by atoms with Gasteiger partial charge in [-0.05, 0) is 17.5 Å². The van der Waals surface area contributed by atoms with Gasteiger partial charge in [-0.3, -0.25) is 0 Å². The van der Waals surface area contributed by atoms with E-state index in [-0.39, 0.29) is 0 Å². The SMILES string of the molecule is CCCCCCCCCCCCCCCCCCCC[n+]1ccc(-c2cc[n+](CCC[NH3+])cc2)cc1. The van der Waals surface area contributed by atoms with Gasteiger partial charge in [0.1, 0.15) is 6.54 Å². The summed E-state index contributed by atoms with van der Waals surface area (Å²) >= 11 is 0. The summed E-state index contributed by atoms with van der Waals surface area (Å²) in [6.07, 6.45) is 35.8. The number of pyridine rings is 2. The van der Waals surface area contributed by atoms with E-state index in [1.807, 2.05) is 0 Å². The maximum absolute atomic E-state index is 3.93. The van der Waals surface area contributed by atoms with Crippen LogP contribution in [0.3, 0.4) is 0 Å². The molecule has 0 saturated heterocycles. The number of nitrogens with zero attached hydrogens (tertiary/aromatic N) is 2. The molecule has 0 saturated carbocycles. The average molecular weight is 497 g/mol. The molecule has 3 heteroatoms. The Morgan fingerprint density at radius 2 is 0.750 bits per heavy atom. The van der Waals surface area contributed by atoms with Crippen molar-refractivity contribution < 1.29 is 14.9 Å². The molecule has 0 spiro atoms. The summed E-state index contributed by atoms with van der Waals surface area (Å²) in [6.45, 7) is 5.48. The molecule has 0 unspecified atom stereocenters. The molecular weight excluding hydrogens is 438 g/mol. The number of hydrogen-bond donors (Lipinski definition) is 1. The van der Waals surface area contributed by atoms with Gasteiger partial charge in [0, 0.05) is 30.7 Å². The van der Waals surface area contributed by atoms with Gasteiger partial charge in [-0.2, -0.15) is 0 Å². The van der Waals surface area contributed by atoms with Crippen molar-refractivity contribution in [3.05, 3.63) is 49.1 Å². The highest BCUT2D eigenvalue weighted by Crippen LogP contribution is 2.16. The van der Waals surface area contributed by atoms with Crippen LogP contribution in [0.25, 0.3) is 11.1 Å². The average Bonchev–Trinajstić information content (AvgIpc) is 2.92. The number of hydrogen-bond acceptors (Lipinski definition) is 0. The molecule has 36 heavy (non-hydrogen) atoms. The Kier molecular flexibility index (Phi) is 18.1. The van der Waals surface area contributed by atoms with Crippen molar-refractivity contribution in [2.75, 3.05) is 6.54 Å². The Hall–Kier alpha value is -1.74. The lowest BCUT2D eigenvalue weighted by molar-refractivity contribution is -0.699. The standard InChI is InChI=1S/C33H57N3/c1-2-3-4-5-6-7-8-9-10-11-12-13-14-15-16-17-18-19-26-35-28-21-32(22-29-35)33-23-30-36(31-24-33)27-20-25-34/h21-24,28-31H,2-20,25-27,34H2,1H3/q+2/p+1. The van der Waals surface area contributed by atoms with Crippen LogP contribution in [0.2, 0.25) is 0 Å². The zero-order valence-electron chi connectivity index (χ0n) is 23.8. The predicted octanol–water partition coefficient (Wildman–Crippen LogP) is 7.60. The van der Waals surface area contributed by atoms with E-state index in [0.29, 0.717) is 0 Å². The number of aryl methyl sites for hydroxylation is 2. The number of unbranched alkanes of at least 4 members (excludes halogenated alkanes) is 17. The Morgan fingerprint density at radius 3 is 1.08 bits per heavy atom. The van der Waals surface area contributed by atoms with Crippen LogP contribution in [0.4, 0.5) is 0 Å². The molecule has 0 aliphatic carbocycles. The molecule has 202 valence electrons. The van der Waals surface area contributed by atoms with E-state index in [1.54, 1.807) is 0 Å². The Morgan fingerprint density at radius 1 is 0.444 bits per heavy atom. The summed E-state index contributed by atoms with van der Waals surface area (Å²) in [4.78, 5) is 0. The summed E-state index contributed by atoms with van der Waals surface area (Å²) in [5, 5.41) is 0. The van der Waals surface area contributed by atoms with Gasteiger partial charge in [-0.25, -0.2) is 9.13 Å². The maximum atomic E-state index is 3.93. The van der Waals surface area contributed by atoms with Crippen LogP contribution in [-0.4, -0.2) is 6.54 Å². The van der Waals surface area contributed by atoms with Gasteiger partial charge in [0.25, 0.3) is 0 Å². The summed E-state index contributed by atoms with van der Waals surface area (Å²) in [6, 6.07) is 8.95. The van der Waals surface area contributed by atoms with E-state index >= 15 is 0 Å². The largest absolute Gasteiger partial charge is 0.357 e. The van der Waals surface area contributed by atoms with Gasteiger partial charge in [-0.15, -0.1) is 0 Å². The minimum Gasteiger partial charge on any atom is -0.357 e. The van der Waals surface area contributed by atoms with Gasteiger partial charge >= 0.3 is 0 Å². The van der Waals surface area contributed by atoms with E-state index in [9.17, 15) is 0 Å². The third kappa shape index (κ3) is 14.7. The third-order valence-electron chi connectivity index (χ3n) is 7.55. The molecule has 3 nitrogen and oxygen atoms in total. The zero-order chi connectivity index (χ0) is 25.5. The van der Waals surface area contributed by atoms with Gasteiger partial charge in [0.05, 0.1) is 13.0 Å². The second kappa shape index (κ2) is 21.4. The van der Waals surface area contributed by atoms with E-state index in [4.69, 9.17) is 0 Å². The molecule has 3 N–H and O–H groups in total. The molecule has 0 aliphatic rings. The normalized spacial score (nSPS) is 11.3. The summed E-state index contributed by atoms with van der Waals surface area (Å²) in [5.74, 6) is 0. The lowest BCUT2D eigenvalue weighted by Crippen LogP contribution is -2.51. The molecule has 2 aromatic rings. The minimum absolute atomic E-state index is 0.993. The van der Waals surface area contributed by atoms with Crippen LogP contribution >= 0.6 is 0 Å². The molecule has 0 radical (unpaired) electrons. The van der Waals surface area contributed by atoms with Crippen molar-refractivity contribution in [1.29, 1.82) is 0 Å². The molecule has 0 atom stereocenters. The number of quaternary nitrogens is 1. The van der Waals surface area contributed by atoms with Crippen molar-refractivity contribution in [3.8, 4) is 11.1 Å². The molecular formula is C33H58N3+3. The van der Waals surface area contributed by atoms with Crippen LogP contribution in [-0.2, 0) is 13.1 Å². The van der Waals surface area contributed by atoms with Crippen molar-refractivity contribution in [1.82, 2.24) is 0 Å². The molecule has 2 aromatic heterocycles. The molecule has 0 aliphatic heterocycles. The van der Waals surface area contributed by atoms with E-state index < -0.39 is 0 Å². The highest BCUT2D eigenvalue weighted by molar-refractivity contribution is 5.60. The fourth-order valence-electron chi connectivity index (χ4n) is 5.09. The Labute approximate surface area is 223 Å². The van der Waals surface area contributed by atoms with E-state index in [1.165, 1.54) is 127 Å². The molecule has 0 bridgehead atoms. The molecule has 2 heterocycles. The van der Waals surface area contributed by atoms with Crippen molar-refractivity contribution >= 4 is 0 Å². The van der Waals surface area contributed by atoms with Crippen molar-refractivity contribution in [2.24, 2.45) is 0 Å². The first kappa shape index (κ1) is 30.5. The second-order valence-corrected chi connectivity index (χ2v) is 10.9. The first-order valence-corrected chi connectivity index (χ1v) is 15.6. The third-order valence-corrected chi connectivity index (χ3v) is 7.55. The Balaban J connectivity index is 1.39. The summed E-state index contributed by atoms with van der Waals surface area (Å²) in [7, 11) is 0. The number of aromatic nitrogens is 2. The van der Waals surface area contributed by atoms with Crippen LogP contribution in [0.5, 0.6) is 0 Å². The number of rotatable bonds is 23. The molecule has 0 fully saturated rings. The predicted molar refractivity (Wildman–Crippen MR) is 153 cm³/mol. The van der Waals surface area contributed by atoms with Crippen LogP contribution in [0, 0.1) is 0 Å². The van der Waals surface area contributed by atoms with Crippen molar-refractivity contribution in [3.63, 3.8) is 0 Å². The van der Waals surface area contributed by atoms with Crippen LogP contribution in [0.1, 0.15) is 129 Å². The summed E-state index contributed by atoms with van der Waals surface area (Å²) < 4.78 is 4.59. The first-order chi connectivity index (χ1) is 17.8. The van der Waals surface area contributed by atoms with Gasteiger partial charge in [-0.1, -0.05) is 110 Å².